The molecule has 54 heavy (non-hydrogen) atoms. The molecule has 3 aromatic carbocycles. The number of nitrogens with one attached hydrogen (secondary N) is 1. The van der Waals surface area contributed by atoms with Crippen LogP contribution < -0.4 is 15.6 Å². The number of aliphatic hydroxyl groups excluding tert-OH is 1. The van der Waals surface area contributed by atoms with Crippen molar-refractivity contribution in [3.63, 3.8) is 0 Å². The molecular weight excluding hydrogens is 737 g/mol. The minimum absolute atomic E-state index is 0.0127. The van der Waals surface area contributed by atoms with Crippen LogP contribution in [0.25, 0.3) is 11.1 Å². The van der Waals surface area contributed by atoms with Gasteiger partial charge in [-0.2, -0.15) is 26.3 Å². The van der Waals surface area contributed by atoms with E-state index >= 15 is 8.78 Å². The second-order valence-corrected chi connectivity index (χ2v) is 13.4. The number of carbonyl (C=O) groups excluding carboxylic acids is 1. The van der Waals surface area contributed by atoms with Crippen molar-refractivity contribution in [2.75, 3.05) is 19.6 Å². The third-order valence-electron chi connectivity index (χ3n) is 9.43. The Morgan fingerprint density at radius 2 is 1.61 bits per heavy atom. The van der Waals surface area contributed by atoms with Crippen LogP contribution in [0.5, 0.6) is 11.5 Å². The fraction of sp³-hybridized carbons (Fsp3) is 0.351. The number of ether oxygens (including phenoxy) is 1. The Hall–Kier alpha value is -4.87. The van der Waals surface area contributed by atoms with Crippen LogP contribution in [0.1, 0.15) is 57.4 Å². The number of benzene rings is 3. The Balaban J connectivity index is 1.61. The third kappa shape index (κ3) is 7.84. The van der Waals surface area contributed by atoms with Gasteiger partial charge in [0, 0.05) is 55.0 Å². The number of hydrogen-bond acceptors (Lipinski definition) is 6. The van der Waals surface area contributed by atoms with Crippen molar-refractivity contribution in [1.82, 2.24) is 14.8 Å². The van der Waals surface area contributed by atoms with Crippen molar-refractivity contribution in [3.8, 4) is 22.6 Å². The SMILES string of the molecule is Cc1cc2cc(c1F)[C@H](CC(O)O)NC(=O)[C@H](n1cc(CCN3CC(F)C3)c(C(F)(F)F)cc1=O)c1cc(ccc1F)Oc1cc(C(F)(F)F)cc(C)c1-2. The van der Waals surface area contributed by atoms with Crippen LogP contribution in [0.4, 0.5) is 39.5 Å². The van der Waals surface area contributed by atoms with Crippen LogP contribution in [0.3, 0.4) is 0 Å². The number of rotatable bonds is 6. The van der Waals surface area contributed by atoms with E-state index in [1.165, 1.54) is 24.8 Å². The summed E-state index contributed by atoms with van der Waals surface area (Å²) in [6, 6.07) is 3.01. The monoisotopic (exact) mass is 769 g/mol. The van der Waals surface area contributed by atoms with E-state index < -0.39 is 94.4 Å². The molecule has 2 atom stereocenters. The normalized spacial score (nSPS) is 18.2. The van der Waals surface area contributed by atoms with Crippen molar-refractivity contribution < 1.29 is 59.3 Å². The number of fused-ring (bicyclic) bond motifs is 6. The topological polar surface area (TPSA) is 104 Å². The molecule has 288 valence electrons. The lowest BCUT2D eigenvalue weighted by Crippen LogP contribution is -2.49. The highest BCUT2D eigenvalue weighted by atomic mass is 19.4. The van der Waals surface area contributed by atoms with Gasteiger partial charge in [0.1, 0.15) is 35.3 Å². The van der Waals surface area contributed by atoms with Gasteiger partial charge in [-0.25, -0.2) is 13.2 Å². The Labute approximate surface area is 301 Å². The van der Waals surface area contributed by atoms with E-state index in [1.807, 2.05) is 0 Å². The molecule has 1 fully saturated rings. The lowest BCUT2D eigenvalue weighted by Gasteiger charge is -2.34. The van der Waals surface area contributed by atoms with E-state index in [0.29, 0.717) is 16.8 Å². The molecule has 0 unspecified atom stereocenters. The number of aliphatic hydroxyl groups is 2. The molecule has 6 rings (SSSR count). The predicted molar refractivity (Wildman–Crippen MR) is 175 cm³/mol. The molecule has 1 aromatic heterocycles. The summed E-state index contributed by atoms with van der Waals surface area (Å²) in [6.45, 7) is 2.51. The maximum absolute atomic E-state index is 16.0. The summed E-state index contributed by atoms with van der Waals surface area (Å²) in [6.07, 6.45) is -13.8. The number of carbonyl (C=O) groups is 1. The Kier molecular flexibility index (Phi) is 10.4. The Morgan fingerprint density at radius 1 is 0.907 bits per heavy atom. The first-order valence-electron chi connectivity index (χ1n) is 16.6. The van der Waals surface area contributed by atoms with Crippen molar-refractivity contribution in [2.45, 2.75) is 63.6 Å². The van der Waals surface area contributed by atoms with Gasteiger partial charge in [0.2, 0.25) is 5.91 Å². The number of aromatic nitrogens is 1. The molecule has 2 aliphatic heterocycles. The van der Waals surface area contributed by atoms with Crippen LogP contribution in [0, 0.1) is 25.5 Å². The van der Waals surface area contributed by atoms with Crippen LogP contribution in [0.2, 0.25) is 0 Å². The first kappa shape index (κ1) is 38.8. The number of nitrogens with zero attached hydrogens (tertiary/aromatic N) is 2. The Morgan fingerprint density at radius 3 is 2.24 bits per heavy atom. The van der Waals surface area contributed by atoms with E-state index in [4.69, 9.17) is 4.74 Å². The highest BCUT2D eigenvalue weighted by Crippen LogP contribution is 2.44. The number of alkyl halides is 7. The molecule has 1 saturated heterocycles. The van der Waals surface area contributed by atoms with Crippen LogP contribution in [0.15, 0.2) is 59.5 Å². The van der Waals surface area contributed by atoms with Gasteiger partial charge in [-0.15, -0.1) is 0 Å². The highest BCUT2D eigenvalue weighted by Gasteiger charge is 2.38. The lowest BCUT2D eigenvalue weighted by molar-refractivity contribution is -0.139. The molecule has 3 N–H and O–H groups in total. The average Bonchev–Trinajstić information content (AvgIpc) is 3.04. The van der Waals surface area contributed by atoms with Crippen molar-refractivity contribution in [2.24, 2.45) is 0 Å². The minimum Gasteiger partial charge on any atom is -0.457 e. The molecule has 4 aromatic rings. The highest BCUT2D eigenvalue weighted by molar-refractivity contribution is 5.85. The van der Waals surface area contributed by atoms with Gasteiger partial charge in [0.05, 0.1) is 17.2 Å². The minimum atomic E-state index is -5.05. The largest absolute Gasteiger partial charge is 0.457 e. The quantitative estimate of drug-likeness (QED) is 0.146. The summed E-state index contributed by atoms with van der Waals surface area (Å²) in [5.41, 5.74) is -5.42. The van der Waals surface area contributed by atoms with Crippen molar-refractivity contribution >= 4 is 5.91 Å². The Bertz CT molecular complexity index is 2160. The summed E-state index contributed by atoms with van der Waals surface area (Å²) in [4.78, 5) is 29.4. The molecule has 0 saturated carbocycles. The zero-order valence-corrected chi connectivity index (χ0v) is 28.5. The fourth-order valence-electron chi connectivity index (χ4n) is 6.85. The predicted octanol–water partition coefficient (Wildman–Crippen LogP) is 6.90. The lowest BCUT2D eigenvalue weighted by atomic mass is 9.91. The fourth-order valence-corrected chi connectivity index (χ4v) is 6.85. The van der Waals surface area contributed by atoms with E-state index in [2.05, 4.69) is 5.32 Å². The zero-order chi connectivity index (χ0) is 39.4. The second-order valence-electron chi connectivity index (χ2n) is 13.4. The van der Waals surface area contributed by atoms with Gasteiger partial charge in [0.25, 0.3) is 5.56 Å². The summed E-state index contributed by atoms with van der Waals surface area (Å²) in [5.74, 6) is -4.24. The van der Waals surface area contributed by atoms with Gasteiger partial charge < -0.3 is 20.3 Å². The number of aryl methyl sites for hydroxylation is 2. The number of amides is 1. The molecule has 2 aliphatic rings. The molecule has 3 heterocycles. The zero-order valence-electron chi connectivity index (χ0n) is 28.5. The first-order valence-corrected chi connectivity index (χ1v) is 16.6. The standard InChI is InChI=1S/C37H32F9N3O5/c1-17-8-21(36(41,42)43)10-29-32(17)20-7-18(2)33(40)25(9-20)28(13-31(51)52)47-35(53)34(24-11-23(54-29)3-4-27(24)39)49-14-19(5-6-48-15-22(38)16-48)26(12-30(49)50)37(44,45)46/h3-4,7-12,14,22,28,31,34,51-52H,5-6,13,15-16H2,1-2H3,(H,47,53)/t28-,34+/m0/s1. The summed E-state index contributed by atoms with van der Waals surface area (Å²) in [5, 5.41) is 22.4. The summed E-state index contributed by atoms with van der Waals surface area (Å²) >= 11 is 0. The summed E-state index contributed by atoms with van der Waals surface area (Å²) in [7, 11) is 0. The van der Waals surface area contributed by atoms with Gasteiger partial charge >= 0.3 is 12.4 Å². The van der Waals surface area contributed by atoms with Gasteiger partial charge in [0.15, 0.2) is 6.29 Å². The molecule has 8 nitrogen and oxygen atoms in total. The smallest absolute Gasteiger partial charge is 0.416 e. The van der Waals surface area contributed by atoms with Gasteiger partial charge in [-0.3, -0.25) is 19.1 Å². The number of pyridine rings is 1. The van der Waals surface area contributed by atoms with E-state index in [0.717, 1.165) is 30.3 Å². The maximum atomic E-state index is 16.0. The number of likely N-dealkylation sites (tertiary alicyclic amines) is 1. The maximum Gasteiger partial charge on any atom is 0.416 e. The van der Waals surface area contributed by atoms with Crippen LogP contribution in [-0.2, 0) is 23.6 Å². The molecule has 4 bridgehead atoms. The van der Waals surface area contributed by atoms with Crippen molar-refractivity contribution in [1.29, 1.82) is 0 Å². The van der Waals surface area contributed by atoms with E-state index in [9.17, 15) is 50.5 Å². The number of hydrogen-bond donors (Lipinski definition) is 3. The van der Waals surface area contributed by atoms with Gasteiger partial charge in [-0.1, -0.05) is 0 Å². The van der Waals surface area contributed by atoms with E-state index in [-0.39, 0.29) is 65.7 Å². The molecule has 17 heteroatoms. The first-order chi connectivity index (χ1) is 25.2. The molecule has 0 aliphatic carbocycles. The molecule has 0 radical (unpaired) electrons. The molecule has 1 amide bonds. The van der Waals surface area contributed by atoms with E-state index in [1.54, 1.807) is 0 Å². The number of halogens is 9. The molecule has 0 spiro atoms. The van der Waals surface area contributed by atoms with Gasteiger partial charge in [-0.05, 0) is 85.0 Å². The second kappa shape index (κ2) is 14.4. The summed E-state index contributed by atoms with van der Waals surface area (Å²) < 4.78 is 136. The average molecular weight is 770 g/mol. The third-order valence-corrected chi connectivity index (χ3v) is 9.43. The van der Waals surface area contributed by atoms with Crippen molar-refractivity contribution in [3.05, 3.63) is 116 Å². The van der Waals surface area contributed by atoms with Crippen LogP contribution in [-0.4, -0.2) is 57.7 Å². The molecular formula is C37H32F9N3O5. The van der Waals surface area contributed by atoms with Crippen LogP contribution >= 0.6 is 0 Å².